The minimum atomic E-state index is -0.687. The molecule has 0 radical (unpaired) electrons. The Morgan fingerprint density at radius 2 is 1.32 bits per heavy atom. The molecule has 5 aromatic heterocycles. The third-order valence-electron chi connectivity index (χ3n) is 8.55. The van der Waals surface area contributed by atoms with E-state index in [0.29, 0.717) is 46.8 Å². The summed E-state index contributed by atoms with van der Waals surface area (Å²) in [4.78, 5) is 29.6. The Kier molecular flexibility index (Phi) is 9.86. The van der Waals surface area contributed by atoms with Gasteiger partial charge in [0, 0.05) is 29.1 Å². The van der Waals surface area contributed by atoms with E-state index in [1.807, 2.05) is 13.8 Å². The lowest BCUT2D eigenvalue weighted by Crippen LogP contribution is -2.33. The normalized spacial score (nSPS) is 12.4. The summed E-state index contributed by atoms with van der Waals surface area (Å²) >= 11 is 5.65. The quantitative estimate of drug-likeness (QED) is 0.144. The van der Waals surface area contributed by atoms with Crippen LogP contribution in [0.2, 0.25) is 5.15 Å². The highest BCUT2D eigenvalue weighted by Gasteiger charge is 2.26. The summed E-state index contributed by atoms with van der Waals surface area (Å²) in [6.45, 7) is 4.87. The summed E-state index contributed by atoms with van der Waals surface area (Å²) in [6, 6.07) is 16.5. The lowest BCUT2D eigenvalue weighted by Gasteiger charge is -2.26. The van der Waals surface area contributed by atoms with Crippen LogP contribution in [-0.2, 0) is 26.1 Å². The first-order valence-corrected chi connectivity index (χ1v) is 16.6. The van der Waals surface area contributed by atoms with Crippen LogP contribution in [0.15, 0.2) is 82.4 Å². The number of H-pyrrole nitrogens is 1. The molecule has 2 aromatic carbocycles. The summed E-state index contributed by atoms with van der Waals surface area (Å²) in [5.41, 5.74) is 3.88. The van der Waals surface area contributed by atoms with Crippen molar-refractivity contribution < 1.29 is 22.1 Å². The maximum absolute atomic E-state index is 14.5. The molecule has 1 aliphatic heterocycles. The molecule has 12 nitrogen and oxygen atoms in total. The average Bonchev–Trinajstić information content (AvgIpc) is 3.83. The van der Waals surface area contributed by atoms with Crippen molar-refractivity contribution in [1.82, 2.24) is 44.7 Å². The Morgan fingerprint density at radius 1 is 0.774 bits per heavy atom. The predicted molar refractivity (Wildman–Crippen MR) is 186 cm³/mol. The van der Waals surface area contributed by atoms with E-state index < -0.39 is 11.6 Å². The number of anilines is 1. The van der Waals surface area contributed by atoms with E-state index in [4.69, 9.17) is 16.1 Å². The van der Waals surface area contributed by atoms with E-state index in [1.54, 1.807) is 62.8 Å². The minimum Gasteiger partial charge on any atom is -0.381 e. The molecule has 17 heteroatoms. The maximum atomic E-state index is 14.5. The largest absolute Gasteiger partial charge is 0.381 e. The van der Waals surface area contributed by atoms with E-state index in [2.05, 4.69) is 35.3 Å². The number of aromatic amines is 1. The Morgan fingerprint density at radius 3 is 1.89 bits per heavy atom. The SMILES string of the molecule is Cc1cc(-c2ncc(F)c(Cl)n2)nn1Cc1ccccc1F.Cc1cc(-c2ncc(F)c(N3CCc4c(o[nH]c4=O)C3)n2)nn1Cc1ccccc1F. The van der Waals surface area contributed by atoms with E-state index in [-0.39, 0.29) is 59.4 Å². The molecule has 1 aliphatic rings. The zero-order chi connectivity index (χ0) is 37.2. The second-order valence-corrected chi connectivity index (χ2v) is 12.5. The van der Waals surface area contributed by atoms with Crippen molar-refractivity contribution >= 4 is 17.4 Å². The molecule has 0 spiro atoms. The molecule has 53 heavy (non-hydrogen) atoms. The van der Waals surface area contributed by atoms with E-state index in [1.165, 1.54) is 12.1 Å². The van der Waals surface area contributed by atoms with E-state index in [9.17, 15) is 22.4 Å². The van der Waals surface area contributed by atoms with Crippen molar-refractivity contribution in [3.05, 3.63) is 146 Å². The van der Waals surface area contributed by atoms with Gasteiger partial charge in [0.1, 0.15) is 23.0 Å². The molecule has 0 saturated heterocycles. The van der Waals surface area contributed by atoms with Crippen LogP contribution in [-0.4, -0.2) is 51.2 Å². The number of nitrogens with zero attached hydrogens (tertiary/aromatic N) is 9. The maximum Gasteiger partial charge on any atom is 0.283 e. The molecular weight excluding hydrogens is 716 g/mol. The Hall–Kier alpha value is -6.16. The van der Waals surface area contributed by atoms with Gasteiger partial charge >= 0.3 is 0 Å². The fraction of sp³-hybridized carbons (Fsp3) is 0.194. The van der Waals surface area contributed by atoms with Crippen LogP contribution in [0, 0.1) is 37.1 Å². The fourth-order valence-electron chi connectivity index (χ4n) is 5.73. The number of halogens is 5. The zero-order valence-corrected chi connectivity index (χ0v) is 29.0. The van der Waals surface area contributed by atoms with Crippen LogP contribution in [0.3, 0.4) is 0 Å². The van der Waals surface area contributed by atoms with Gasteiger partial charge < -0.3 is 9.42 Å². The Labute approximate surface area is 303 Å². The van der Waals surface area contributed by atoms with Crippen molar-refractivity contribution in [1.29, 1.82) is 0 Å². The van der Waals surface area contributed by atoms with E-state index >= 15 is 0 Å². The first kappa shape index (κ1) is 35.3. The number of hydrogen-bond donors (Lipinski definition) is 1. The number of fused-ring (bicyclic) bond motifs is 1. The smallest absolute Gasteiger partial charge is 0.283 e. The van der Waals surface area contributed by atoms with Gasteiger partial charge in [-0.1, -0.05) is 48.0 Å². The molecule has 0 aliphatic carbocycles. The van der Waals surface area contributed by atoms with Crippen LogP contribution >= 0.6 is 11.6 Å². The van der Waals surface area contributed by atoms with Crippen LogP contribution in [0.1, 0.15) is 33.8 Å². The Balaban J connectivity index is 0.000000174. The van der Waals surface area contributed by atoms with Crippen molar-refractivity contribution in [3.63, 3.8) is 0 Å². The topological polar surface area (TPSA) is 136 Å². The lowest BCUT2D eigenvalue weighted by atomic mass is 10.1. The van der Waals surface area contributed by atoms with Gasteiger partial charge in [-0.15, -0.1) is 0 Å². The van der Waals surface area contributed by atoms with Crippen LogP contribution in [0.4, 0.5) is 23.4 Å². The summed E-state index contributed by atoms with van der Waals surface area (Å²) in [6.07, 6.45) is 2.53. The molecule has 0 atom stereocenters. The molecule has 0 bridgehead atoms. The molecule has 7 aromatic rings. The number of hydrogen-bond acceptors (Lipinski definition) is 9. The number of benzene rings is 2. The summed E-state index contributed by atoms with van der Waals surface area (Å²) in [5.74, 6) is -0.794. The van der Waals surface area contributed by atoms with Crippen molar-refractivity contribution in [2.24, 2.45) is 0 Å². The van der Waals surface area contributed by atoms with Gasteiger partial charge in [-0.05, 0) is 44.5 Å². The van der Waals surface area contributed by atoms with Crippen LogP contribution in [0.25, 0.3) is 23.0 Å². The monoisotopic (exact) mass is 744 g/mol. The molecule has 0 fully saturated rings. The van der Waals surface area contributed by atoms with Crippen LogP contribution < -0.4 is 10.5 Å². The molecule has 270 valence electrons. The lowest BCUT2D eigenvalue weighted by molar-refractivity contribution is 0.370. The molecular formula is C36H29ClF4N10O2. The summed E-state index contributed by atoms with van der Waals surface area (Å²) < 4.78 is 63.8. The third-order valence-corrected chi connectivity index (χ3v) is 8.81. The van der Waals surface area contributed by atoms with Gasteiger partial charge in [-0.3, -0.25) is 14.2 Å². The van der Waals surface area contributed by atoms with Crippen molar-refractivity contribution in [2.45, 2.75) is 39.9 Å². The zero-order valence-electron chi connectivity index (χ0n) is 28.2. The summed E-state index contributed by atoms with van der Waals surface area (Å²) in [5, 5.41) is 10.9. The molecule has 1 N–H and O–H groups in total. The molecule has 8 rings (SSSR count). The predicted octanol–water partition coefficient (Wildman–Crippen LogP) is 6.45. The highest BCUT2D eigenvalue weighted by Crippen LogP contribution is 2.26. The second-order valence-electron chi connectivity index (χ2n) is 12.1. The fourth-order valence-corrected chi connectivity index (χ4v) is 5.86. The van der Waals surface area contributed by atoms with Gasteiger partial charge in [-0.25, -0.2) is 37.5 Å². The first-order chi connectivity index (χ1) is 25.5. The van der Waals surface area contributed by atoms with Gasteiger partial charge in [-0.2, -0.15) is 15.4 Å². The summed E-state index contributed by atoms with van der Waals surface area (Å²) in [7, 11) is 0. The van der Waals surface area contributed by atoms with Gasteiger partial charge in [0.05, 0.1) is 37.6 Å². The highest BCUT2D eigenvalue weighted by molar-refractivity contribution is 6.29. The van der Waals surface area contributed by atoms with Crippen molar-refractivity contribution in [2.75, 3.05) is 11.4 Å². The molecule has 6 heterocycles. The number of aryl methyl sites for hydroxylation is 2. The van der Waals surface area contributed by atoms with Crippen molar-refractivity contribution in [3.8, 4) is 23.0 Å². The first-order valence-electron chi connectivity index (χ1n) is 16.2. The van der Waals surface area contributed by atoms with Crippen LogP contribution in [0.5, 0.6) is 0 Å². The standard InChI is InChI=1S/C21H18F2N6O2.C15H11ClF2N4/c1-12-8-17(26-29(12)10-13-4-2-3-5-15(13)22)19-24-9-16(23)20(25-19)28-7-6-14-18(11-28)31-27-21(14)30;1-9-6-13(15-19-7-12(18)14(16)20-15)21-22(9)8-10-4-2-3-5-11(10)17/h2-5,8-9H,6-7,10-11H2,1H3,(H,27,30);2-7H,8H2,1H3. The van der Waals surface area contributed by atoms with Gasteiger partial charge in [0.25, 0.3) is 5.56 Å². The molecule has 0 amide bonds. The second kappa shape index (κ2) is 14.8. The number of nitrogens with one attached hydrogen (secondary N) is 1. The molecule has 0 unspecified atom stereocenters. The minimum absolute atomic E-state index is 0.112. The van der Waals surface area contributed by atoms with E-state index in [0.717, 1.165) is 23.8 Å². The Bertz CT molecular complexity index is 2490. The average molecular weight is 745 g/mol. The highest BCUT2D eigenvalue weighted by atomic mass is 35.5. The third kappa shape index (κ3) is 7.58. The molecule has 0 saturated carbocycles. The number of aromatic nitrogens is 9. The van der Waals surface area contributed by atoms with Gasteiger partial charge in [0.2, 0.25) is 0 Å². The van der Waals surface area contributed by atoms with Gasteiger partial charge in [0.15, 0.2) is 40.0 Å². The number of rotatable bonds is 7.